The number of hydrogen-bond donors (Lipinski definition) is 1. The second kappa shape index (κ2) is 8.25. The highest BCUT2D eigenvalue weighted by molar-refractivity contribution is 6.33. The minimum absolute atomic E-state index is 0.298. The number of esters is 1. The van der Waals surface area contributed by atoms with Crippen LogP contribution >= 0.6 is 11.6 Å². The van der Waals surface area contributed by atoms with Crippen molar-refractivity contribution in [1.29, 1.82) is 0 Å². The van der Waals surface area contributed by atoms with Gasteiger partial charge in [0.15, 0.2) is 0 Å². The van der Waals surface area contributed by atoms with Crippen LogP contribution in [0.5, 0.6) is 5.75 Å². The van der Waals surface area contributed by atoms with E-state index in [4.69, 9.17) is 21.1 Å². The van der Waals surface area contributed by atoms with Crippen molar-refractivity contribution in [2.24, 2.45) is 0 Å². The number of methoxy groups -OCH3 is 1. The van der Waals surface area contributed by atoms with Crippen molar-refractivity contribution in [2.45, 2.75) is 6.92 Å². The fraction of sp³-hybridized carbons (Fsp3) is 0.167. The Kier molecular flexibility index (Phi) is 6.06. The predicted octanol–water partition coefficient (Wildman–Crippen LogP) is 4.36. The lowest BCUT2D eigenvalue weighted by molar-refractivity contribution is -0.136. The summed E-state index contributed by atoms with van der Waals surface area (Å²) in [5.74, 6) is 0.246. The van der Waals surface area contributed by atoms with Crippen LogP contribution in [0.1, 0.15) is 12.5 Å². The highest BCUT2D eigenvalue weighted by atomic mass is 35.5. The van der Waals surface area contributed by atoms with Crippen LogP contribution in [0.25, 0.3) is 5.57 Å². The number of ether oxygens (including phenoxy) is 2. The minimum atomic E-state index is -0.416. The first-order valence-electron chi connectivity index (χ1n) is 7.18. The third kappa shape index (κ3) is 4.50. The van der Waals surface area contributed by atoms with Gasteiger partial charge in [-0.25, -0.2) is 4.79 Å². The van der Waals surface area contributed by atoms with Gasteiger partial charge in [0.1, 0.15) is 5.75 Å². The Bertz CT molecular complexity index is 713. The van der Waals surface area contributed by atoms with Crippen molar-refractivity contribution >= 4 is 28.8 Å². The number of hydrogen-bond acceptors (Lipinski definition) is 4. The molecule has 23 heavy (non-hydrogen) atoms. The van der Waals surface area contributed by atoms with Crippen LogP contribution in [0.2, 0.25) is 5.02 Å². The quantitative estimate of drug-likeness (QED) is 0.631. The average Bonchev–Trinajstić information content (AvgIpc) is 2.57. The Balaban J connectivity index is 2.35. The molecular formula is C18H18ClNO3. The summed E-state index contributed by atoms with van der Waals surface area (Å²) in [6, 6.07) is 14.5. The van der Waals surface area contributed by atoms with Gasteiger partial charge >= 0.3 is 5.97 Å². The Morgan fingerprint density at radius 3 is 2.70 bits per heavy atom. The molecule has 0 aliphatic heterocycles. The van der Waals surface area contributed by atoms with Crippen LogP contribution in [0.15, 0.2) is 54.7 Å². The number of anilines is 1. The van der Waals surface area contributed by atoms with Crippen molar-refractivity contribution in [1.82, 2.24) is 0 Å². The zero-order valence-electron chi connectivity index (χ0n) is 13.0. The summed E-state index contributed by atoms with van der Waals surface area (Å²) in [6.07, 6.45) is 1.59. The molecule has 0 unspecified atom stereocenters. The van der Waals surface area contributed by atoms with Gasteiger partial charge in [0.25, 0.3) is 0 Å². The maximum absolute atomic E-state index is 12.2. The monoisotopic (exact) mass is 331 g/mol. The van der Waals surface area contributed by atoms with Crippen LogP contribution in [0.3, 0.4) is 0 Å². The van der Waals surface area contributed by atoms with Gasteiger partial charge in [0, 0.05) is 6.20 Å². The summed E-state index contributed by atoms with van der Waals surface area (Å²) in [5, 5.41) is 3.62. The Labute approximate surface area is 140 Å². The highest BCUT2D eigenvalue weighted by Crippen LogP contribution is 2.24. The zero-order valence-corrected chi connectivity index (χ0v) is 13.8. The first-order valence-corrected chi connectivity index (χ1v) is 7.56. The highest BCUT2D eigenvalue weighted by Gasteiger charge is 2.14. The molecule has 5 heteroatoms. The molecule has 120 valence electrons. The second-order valence-electron chi connectivity index (χ2n) is 4.63. The molecule has 4 nitrogen and oxygen atoms in total. The molecule has 0 radical (unpaired) electrons. The molecule has 2 aromatic rings. The van der Waals surface area contributed by atoms with E-state index >= 15 is 0 Å². The van der Waals surface area contributed by atoms with E-state index in [1.807, 2.05) is 36.4 Å². The van der Waals surface area contributed by atoms with E-state index in [9.17, 15) is 4.79 Å². The molecule has 0 spiro atoms. The molecule has 0 saturated carbocycles. The third-order valence-corrected chi connectivity index (χ3v) is 3.45. The van der Waals surface area contributed by atoms with E-state index in [0.29, 0.717) is 34.2 Å². The van der Waals surface area contributed by atoms with E-state index in [0.717, 1.165) is 0 Å². The molecule has 2 aromatic carbocycles. The van der Waals surface area contributed by atoms with E-state index in [1.54, 1.807) is 32.4 Å². The molecule has 0 aliphatic carbocycles. The number of para-hydroxylation sites is 1. The van der Waals surface area contributed by atoms with Gasteiger partial charge < -0.3 is 14.8 Å². The number of carbonyl (C=O) groups excluding carboxylic acids is 1. The second-order valence-corrected chi connectivity index (χ2v) is 5.04. The van der Waals surface area contributed by atoms with Crippen molar-refractivity contribution < 1.29 is 14.3 Å². The van der Waals surface area contributed by atoms with E-state index in [2.05, 4.69) is 5.32 Å². The summed E-state index contributed by atoms with van der Waals surface area (Å²) >= 11 is 6.11. The lowest BCUT2D eigenvalue weighted by atomic mass is 10.1. The molecule has 0 amide bonds. The molecule has 2 rings (SSSR count). The molecule has 0 atom stereocenters. The summed E-state index contributed by atoms with van der Waals surface area (Å²) in [7, 11) is 1.58. The summed E-state index contributed by atoms with van der Waals surface area (Å²) < 4.78 is 10.3. The standard InChI is InChI=1S/C18H18ClNO3/c1-3-23-18(21)15(13-7-6-8-14(11-13)22-2)12-20-17-10-5-4-9-16(17)19/h4-12,20H,3H2,1-2H3/b15-12-. The topological polar surface area (TPSA) is 47.6 Å². The number of benzene rings is 2. The van der Waals surface area contributed by atoms with E-state index in [-0.39, 0.29) is 0 Å². The molecule has 0 saturated heterocycles. The molecule has 0 heterocycles. The SMILES string of the molecule is CCOC(=O)/C(=C\Nc1ccccc1Cl)c1cccc(OC)c1. The first kappa shape index (κ1) is 16.9. The van der Waals surface area contributed by atoms with Crippen molar-refractivity contribution in [3.8, 4) is 5.75 Å². The number of halogens is 1. The van der Waals surface area contributed by atoms with Crippen molar-refractivity contribution in [3.05, 3.63) is 65.3 Å². The van der Waals surface area contributed by atoms with E-state index < -0.39 is 5.97 Å². The maximum atomic E-state index is 12.2. The van der Waals surface area contributed by atoms with Gasteiger partial charge in [-0.05, 0) is 36.8 Å². The molecule has 0 fully saturated rings. The molecular weight excluding hydrogens is 314 g/mol. The van der Waals surface area contributed by atoms with Gasteiger partial charge in [-0.2, -0.15) is 0 Å². The van der Waals surface area contributed by atoms with E-state index in [1.165, 1.54) is 0 Å². The number of carbonyl (C=O) groups is 1. The summed E-state index contributed by atoms with van der Waals surface area (Å²) in [6.45, 7) is 2.06. The predicted molar refractivity (Wildman–Crippen MR) is 92.7 cm³/mol. The largest absolute Gasteiger partial charge is 0.497 e. The number of rotatable bonds is 6. The van der Waals surface area contributed by atoms with Gasteiger partial charge in [-0.15, -0.1) is 0 Å². The Morgan fingerprint density at radius 2 is 2.00 bits per heavy atom. The van der Waals surface area contributed by atoms with Crippen LogP contribution in [0.4, 0.5) is 5.69 Å². The summed E-state index contributed by atoms with van der Waals surface area (Å²) in [5.41, 5.74) is 1.80. The zero-order chi connectivity index (χ0) is 16.7. The van der Waals surface area contributed by atoms with Crippen molar-refractivity contribution in [3.63, 3.8) is 0 Å². The van der Waals surface area contributed by atoms with Crippen LogP contribution in [0, 0.1) is 0 Å². The molecule has 0 bridgehead atoms. The van der Waals surface area contributed by atoms with Gasteiger partial charge in [0.05, 0.1) is 30.0 Å². The third-order valence-electron chi connectivity index (χ3n) is 3.12. The number of nitrogens with one attached hydrogen (secondary N) is 1. The van der Waals surface area contributed by atoms with Crippen LogP contribution in [-0.2, 0) is 9.53 Å². The fourth-order valence-electron chi connectivity index (χ4n) is 1.99. The van der Waals surface area contributed by atoms with Gasteiger partial charge in [-0.1, -0.05) is 35.9 Å². The maximum Gasteiger partial charge on any atom is 0.340 e. The molecule has 1 N–H and O–H groups in total. The average molecular weight is 332 g/mol. The van der Waals surface area contributed by atoms with Gasteiger partial charge in [0.2, 0.25) is 0 Å². The Hall–Kier alpha value is -2.46. The lowest BCUT2D eigenvalue weighted by Crippen LogP contribution is -2.08. The smallest absolute Gasteiger partial charge is 0.340 e. The van der Waals surface area contributed by atoms with Crippen molar-refractivity contribution in [2.75, 3.05) is 19.0 Å². The first-order chi connectivity index (χ1) is 11.2. The summed E-state index contributed by atoms with van der Waals surface area (Å²) in [4.78, 5) is 12.2. The lowest BCUT2D eigenvalue weighted by Gasteiger charge is -2.10. The van der Waals surface area contributed by atoms with Gasteiger partial charge in [-0.3, -0.25) is 0 Å². The van der Waals surface area contributed by atoms with Crippen LogP contribution < -0.4 is 10.1 Å². The normalized spacial score (nSPS) is 11.0. The molecule has 0 aliphatic rings. The molecule has 0 aromatic heterocycles. The minimum Gasteiger partial charge on any atom is -0.497 e. The Morgan fingerprint density at radius 1 is 1.22 bits per heavy atom. The van der Waals surface area contributed by atoms with Crippen LogP contribution in [-0.4, -0.2) is 19.7 Å². The fourth-order valence-corrected chi connectivity index (χ4v) is 2.18.